The van der Waals surface area contributed by atoms with Crippen LogP contribution in [0.1, 0.15) is 23.6 Å². The van der Waals surface area contributed by atoms with Gasteiger partial charge in [-0.1, -0.05) is 6.07 Å². The number of amides is 2. The van der Waals surface area contributed by atoms with E-state index < -0.39 is 0 Å². The van der Waals surface area contributed by atoms with Crippen LogP contribution in [0.4, 0.5) is 0 Å². The number of aromatic nitrogens is 1. The van der Waals surface area contributed by atoms with Crippen LogP contribution in [0.3, 0.4) is 0 Å². The van der Waals surface area contributed by atoms with Crippen molar-refractivity contribution in [1.29, 1.82) is 0 Å². The normalized spacial score (nSPS) is 20.8. The highest BCUT2D eigenvalue weighted by Crippen LogP contribution is 2.37. The summed E-state index contributed by atoms with van der Waals surface area (Å²) in [7, 11) is 3.55. The lowest BCUT2D eigenvalue weighted by Crippen LogP contribution is -2.35. The van der Waals surface area contributed by atoms with Gasteiger partial charge in [-0.3, -0.25) is 14.6 Å². The first-order valence-electron chi connectivity index (χ1n) is 7.49. The average molecular weight is 329 g/mol. The number of rotatable bonds is 4. The highest BCUT2D eigenvalue weighted by atomic mass is 32.1. The van der Waals surface area contributed by atoms with Crippen LogP contribution in [0.5, 0.6) is 0 Å². The van der Waals surface area contributed by atoms with E-state index in [0.29, 0.717) is 6.54 Å². The first-order chi connectivity index (χ1) is 11.1. The molecule has 6 heteroatoms. The van der Waals surface area contributed by atoms with Crippen molar-refractivity contribution in [3.63, 3.8) is 0 Å². The van der Waals surface area contributed by atoms with Crippen molar-refractivity contribution >= 4 is 23.2 Å². The SMILES string of the molecule is CN(Cc1ccsc1)C(=O)[C@@H]1CC(=O)N(C)[C@@H]1c1cccnc1. The van der Waals surface area contributed by atoms with E-state index in [1.54, 1.807) is 47.6 Å². The fourth-order valence-corrected chi connectivity index (χ4v) is 3.78. The highest BCUT2D eigenvalue weighted by molar-refractivity contribution is 7.07. The van der Waals surface area contributed by atoms with E-state index in [2.05, 4.69) is 4.98 Å². The second-order valence-electron chi connectivity index (χ2n) is 5.87. The lowest BCUT2D eigenvalue weighted by Gasteiger charge is -2.27. The zero-order chi connectivity index (χ0) is 16.4. The van der Waals surface area contributed by atoms with E-state index in [1.807, 2.05) is 29.0 Å². The summed E-state index contributed by atoms with van der Waals surface area (Å²) in [6, 6.07) is 5.53. The van der Waals surface area contributed by atoms with Crippen LogP contribution in [0.15, 0.2) is 41.4 Å². The molecule has 1 aliphatic rings. The number of hydrogen-bond acceptors (Lipinski definition) is 4. The number of nitrogens with zero attached hydrogens (tertiary/aromatic N) is 3. The number of carbonyl (C=O) groups is 2. The van der Waals surface area contributed by atoms with Gasteiger partial charge in [-0.15, -0.1) is 0 Å². The third kappa shape index (κ3) is 3.12. The lowest BCUT2D eigenvalue weighted by molar-refractivity contribution is -0.135. The van der Waals surface area contributed by atoms with Crippen LogP contribution in [0, 0.1) is 5.92 Å². The fraction of sp³-hybridized carbons (Fsp3) is 0.353. The summed E-state index contributed by atoms with van der Waals surface area (Å²) in [5.41, 5.74) is 2.02. The molecule has 2 amide bonds. The van der Waals surface area contributed by atoms with E-state index in [0.717, 1.165) is 11.1 Å². The first-order valence-corrected chi connectivity index (χ1v) is 8.44. The van der Waals surface area contributed by atoms with Gasteiger partial charge in [-0.2, -0.15) is 11.3 Å². The van der Waals surface area contributed by atoms with Gasteiger partial charge in [0, 0.05) is 39.5 Å². The lowest BCUT2D eigenvalue weighted by atomic mass is 9.93. The Bertz CT molecular complexity index is 687. The van der Waals surface area contributed by atoms with Gasteiger partial charge < -0.3 is 9.80 Å². The van der Waals surface area contributed by atoms with Gasteiger partial charge in [0.05, 0.1) is 12.0 Å². The minimum absolute atomic E-state index is 0.00105. The predicted molar refractivity (Wildman–Crippen MR) is 88.6 cm³/mol. The third-order valence-corrected chi connectivity index (χ3v) is 5.04. The largest absolute Gasteiger partial charge is 0.341 e. The summed E-state index contributed by atoms with van der Waals surface area (Å²) in [6.45, 7) is 0.566. The molecule has 120 valence electrons. The summed E-state index contributed by atoms with van der Waals surface area (Å²) in [5.74, 6) is -0.357. The van der Waals surface area contributed by atoms with Crippen LogP contribution in [-0.4, -0.2) is 40.7 Å². The molecule has 2 aromatic heterocycles. The highest BCUT2D eigenvalue weighted by Gasteiger charge is 2.43. The molecular formula is C17H19N3O2S. The molecule has 0 radical (unpaired) electrons. The summed E-state index contributed by atoms with van der Waals surface area (Å²) >= 11 is 1.62. The fourth-order valence-electron chi connectivity index (χ4n) is 3.12. The first kappa shape index (κ1) is 15.7. The molecule has 1 saturated heterocycles. The average Bonchev–Trinajstić information content (AvgIpc) is 3.16. The molecule has 2 aromatic rings. The molecule has 1 aliphatic heterocycles. The molecule has 3 heterocycles. The number of pyridine rings is 1. The van der Waals surface area contributed by atoms with Crippen molar-refractivity contribution < 1.29 is 9.59 Å². The minimum atomic E-state index is -0.361. The van der Waals surface area contributed by atoms with Crippen molar-refractivity contribution in [2.75, 3.05) is 14.1 Å². The Morgan fingerprint density at radius 1 is 1.48 bits per heavy atom. The monoisotopic (exact) mass is 329 g/mol. The van der Waals surface area contributed by atoms with Gasteiger partial charge in [0.15, 0.2) is 0 Å². The molecule has 0 spiro atoms. The standard InChI is InChI=1S/C17H19N3O2S/c1-19(10-12-5-7-23-11-12)17(22)14-8-15(21)20(2)16(14)13-4-3-6-18-9-13/h3-7,9,11,14,16H,8,10H2,1-2H3/t14-,16-/m1/s1. The Hall–Kier alpha value is -2.21. The molecule has 5 nitrogen and oxygen atoms in total. The smallest absolute Gasteiger partial charge is 0.228 e. The van der Waals surface area contributed by atoms with Crippen molar-refractivity contribution in [1.82, 2.24) is 14.8 Å². The molecule has 0 saturated carbocycles. The van der Waals surface area contributed by atoms with Gasteiger partial charge in [0.2, 0.25) is 11.8 Å². The Balaban J connectivity index is 1.81. The third-order valence-electron chi connectivity index (χ3n) is 4.31. The topological polar surface area (TPSA) is 53.5 Å². The van der Waals surface area contributed by atoms with E-state index in [-0.39, 0.29) is 30.2 Å². The van der Waals surface area contributed by atoms with Crippen LogP contribution in [0.2, 0.25) is 0 Å². The van der Waals surface area contributed by atoms with Gasteiger partial charge in [0.1, 0.15) is 0 Å². The van der Waals surface area contributed by atoms with Crippen molar-refractivity contribution in [2.45, 2.75) is 19.0 Å². The predicted octanol–water partition coefficient (Wildman–Crippen LogP) is 2.32. The molecule has 0 N–H and O–H groups in total. The quantitative estimate of drug-likeness (QED) is 0.865. The van der Waals surface area contributed by atoms with Gasteiger partial charge in [0.25, 0.3) is 0 Å². The molecule has 0 bridgehead atoms. The molecule has 23 heavy (non-hydrogen) atoms. The minimum Gasteiger partial charge on any atom is -0.341 e. The number of hydrogen-bond donors (Lipinski definition) is 0. The molecule has 0 aliphatic carbocycles. The number of carbonyl (C=O) groups excluding carboxylic acids is 2. The maximum absolute atomic E-state index is 12.9. The van der Waals surface area contributed by atoms with E-state index in [1.165, 1.54) is 0 Å². The maximum Gasteiger partial charge on any atom is 0.228 e. The van der Waals surface area contributed by atoms with E-state index >= 15 is 0 Å². The number of likely N-dealkylation sites (tertiary alicyclic amines) is 1. The molecule has 1 fully saturated rings. The maximum atomic E-state index is 12.9. The van der Waals surface area contributed by atoms with Crippen molar-refractivity contribution in [3.05, 3.63) is 52.5 Å². The number of thiophene rings is 1. The zero-order valence-corrected chi connectivity index (χ0v) is 14.0. The van der Waals surface area contributed by atoms with E-state index in [4.69, 9.17) is 0 Å². The van der Waals surface area contributed by atoms with Crippen LogP contribution in [-0.2, 0) is 16.1 Å². The van der Waals surface area contributed by atoms with Crippen LogP contribution >= 0.6 is 11.3 Å². The van der Waals surface area contributed by atoms with Gasteiger partial charge >= 0.3 is 0 Å². The summed E-state index contributed by atoms with van der Waals surface area (Å²) in [5, 5.41) is 4.03. The molecule has 0 unspecified atom stereocenters. The zero-order valence-electron chi connectivity index (χ0n) is 13.2. The van der Waals surface area contributed by atoms with Crippen molar-refractivity contribution in [2.24, 2.45) is 5.92 Å². The molecule has 2 atom stereocenters. The van der Waals surface area contributed by atoms with Gasteiger partial charge in [-0.05, 0) is 34.0 Å². The Morgan fingerprint density at radius 3 is 2.96 bits per heavy atom. The molecular weight excluding hydrogens is 310 g/mol. The Kier molecular flexibility index (Phi) is 4.43. The summed E-state index contributed by atoms with van der Waals surface area (Å²) in [4.78, 5) is 32.5. The van der Waals surface area contributed by atoms with Crippen LogP contribution in [0.25, 0.3) is 0 Å². The second kappa shape index (κ2) is 6.50. The Labute approximate surface area is 139 Å². The van der Waals surface area contributed by atoms with Gasteiger partial charge in [-0.25, -0.2) is 0 Å². The van der Waals surface area contributed by atoms with Crippen molar-refractivity contribution in [3.8, 4) is 0 Å². The summed E-state index contributed by atoms with van der Waals surface area (Å²) in [6.07, 6.45) is 3.68. The van der Waals surface area contributed by atoms with Crippen LogP contribution < -0.4 is 0 Å². The molecule has 0 aromatic carbocycles. The Morgan fingerprint density at radius 2 is 2.30 bits per heavy atom. The van der Waals surface area contributed by atoms with E-state index in [9.17, 15) is 9.59 Å². The molecule has 3 rings (SSSR count). The second-order valence-corrected chi connectivity index (χ2v) is 6.65. The summed E-state index contributed by atoms with van der Waals surface area (Å²) < 4.78 is 0.